The molecule has 0 aromatic carbocycles. The Hall–Kier alpha value is -0.360. The molecule has 2 N–H and O–H groups in total. The van der Waals surface area contributed by atoms with Crippen molar-refractivity contribution in [2.24, 2.45) is 11.7 Å². The molecule has 1 fully saturated rings. The van der Waals surface area contributed by atoms with Crippen LogP contribution in [0.15, 0.2) is 0 Å². The van der Waals surface area contributed by atoms with Crippen LogP contribution in [-0.2, 0) is 0 Å². The van der Waals surface area contributed by atoms with Crippen LogP contribution in [0.3, 0.4) is 0 Å². The summed E-state index contributed by atoms with van der Waals surface area (Å²) in [5, 5.41) is 0. The van der Waals surface area contributed by atoms with Gasteiger partial charge in [0.1, 0.15) is 0 Å². The molecule has 1 aliphatic rings. The van der Waals surface area contributed by atoms with Crippen LogP contribution in [0.1, 0.15) is 26.2 Å². The van der Waals surface area contributed by atoms with Crippen molar-refractivity contribution < 1.29 is 13.2 Å². The van der Waals surface area contributed by atoms with E-state index in [1.54, 1.807) is 0 Å². The number of hydrogen-bond acceptors (Lipinski definition) is 2. The molecule has 0 amide bonds. The van der Waals surface area contributed by atoms with Crippen molar-refractivity contribution in [2.75, 3.05) is 13.1 Å². The van der Waals surface area contributed by atoms with Gasteiger partial charge in [0, 0.05) is 19.0 Å². The molecular weight excluding hydrogens is 237 g/mol. The molecule has 0 aromatic heterocycles. The highest BCUT2D eigenvalue weighted by molar-refractivity contribution is 7.80. The minimum Gasteiger partial charge on any atom is -0.393 e. The Bertz CT molecular complexity index is 255. The van der Waals surface area contributed by atoms with Crippen LogP contribution in [0.2, 0.25) is 0 Å². The van der Waals surface area contributed by atoms with E-state index in [2.05, 4.69) is 0 Å². The highest BCUT2D eigenvalue weighted by Gasteiger charge is 2.42. The quantitative estimate of drug-likeness (QED) is 0.784. The Labute approximate surface area is 99.0 Å². The Morgan fingerprint density at radius 2 is 2.19 bits per heavy atom. The van der Waals surface area contributed by atoms with Crippen LogP contribution in [0.25, 0.3) is 0 Å². The molecule has 0 radical (unpaired) electrons. The minimum atomic E-state index is -4.08. The van der Waals surface area contributed by atoms with E-state index in [1.807, 2.05) is 11.8 Å². The maximum absolute atomic E-state index is 12.6. The van der Waals surface area contributed by atoms with Crippen LogP contribution in [0.5, 0.6) is 0 Å². The average Bonchev–Trinajstić information content (AvgIpc) is 2.15. The number of nitrogens with zero attached hydrogens (tertiary/aromatic N) is 1. The number of thiocarbonyl (C=S) groups is 1. The number of hydrogen-bond donors (Lipinski definition) is 1. The Morgan fingerprint density at radius 1 is 1.56 bits per heavy atom. The lowest BCUT2D eigenvalue weighted by Crippen LogP contribution is -2.46. The molecule has 0 spiro atoms. The number of piperidine rings is 1. The predicted molar refractivity (Wildman–Crippen MR) is 61.2 cm³/mol. The van der Waals surface area contributed by atoms with Crippen molar-refractivity contribution in [1.82, 2.24) is 4.90 Å². The fourth-order valence-corrected chi connectivity index (χ4v) is 2.34. The van der Waals surface area contributed by atoms with Crippen molar-refractivity contribution in [1.29, 1.82) is 0 Å². The third-order valence-corrected chi connectivity index (χ3v) is 3.20. The third kappa shape index (κ3) is 3.90. The van der Waals surface area contributed by atoms with Gasteiger partial charge in [0.25, 0.3) is 0 Å². The Kier molecular flexibility index (Phi) is 4.55. The second-order valence-corrected chi connectivity index (χ2v) is 4.92. The molecule has 2 unspecified atom stereocenters. The van der Waals surface area contributed by atoms with E-state index < -0.39 is 12.1 Å². The number of nitrogens with two attached hydrogens (primary N) is 1. The fraction of sp³-hybridized carbons (Fsp3) is 0.900. The molecule has 0 aliphatic carbocycles. The molecule has 1 rings (SSSR count). The summed E-state index contributed by atoms with van der Waals surface area (Å²) < 4.78 is 37.7. The molecule has 1 saturated heterocycles. The van der Waals surface area contributed by atoms with Crippen LogP contribution in [0, 0.1) is 5.92 Å². The SMILES string of the molecule is CC(CC(N)=S)N1CCCC(C(F)(F)F)C1. The van der Waals surface area contributed by atoms with Gasteiger partial charge in [-0.3, -0.25) is 4.90 Å². The predicted octanol–water partition coefficient (Wildman–Crippen LogP) is 2.33. The summed E-state index contributed by atoms with van der Waals surface area (Å²) in [6, 6.07) is 0.00245. The summed E-state index contributed by atoms with van der Waals surface area (Å²) >= 11 is 4.77. The van der Waals surface area contributed by atoms with E-state index in [-0.39, 0.29) is 19.0 Å². The molecule has 0 aromatic rings. The number of rotatable bonds is 3. The number of alkyl halides is 3. The first kappa shape index (κ1) is 13.7. The van der Waals surface area contributed by atoms with E-state index in [0.29, 0.717) is 24.4 Å². The highest BCUT2D eigenvalue weighted by Crippen LogP contribution is 2.33. The van der Waals surface area contributed by atoms with Crippen molar-refractivity contribution in [3.8, 4) is 0 Å². The molecule has 0 bridgehead atoms. The molecule has 16 heavy (non-hydrogen) atoms. The van der Waals surface area contributed by atoms with Crippen molar-refractivity contribution in [3.63, 3.8) is 0 Å². The molecule has 6 heteroatoms. The van der Waals surface area contributed by atoms with Crippen LogP contribution < -0.4 is 5.73 Å². The monoisotopic (exact) mass is 254 g/mol. The van der Waals surface area contributed by atoms with Crippen molar-refractivity contribution >= 4 is 17.2 Å². The second-order valence-electron chi connectivity index (χ2n) is 4.40. The van der Waals surface area contributed by atoms with Gasteiger partial charge in [-0.2, -0.15) is 13.2 Å². The smallest absolute Gasteiger partial charge is 0.393 e. The van der Waals surface area contributed by atoms with E-state index in [0.717, 1.165) is 0 Å². The van der Waals surface area contributed by atoms with Crippen LogP contribution in [-0.4, -0.2) is 35.2 Å². The standard InChI is InChI=1S/C10H17F3N2S/c1-7(5-9(14)16)15-4-2-3-8(6-15)10(11,12)13/h7-8H,2-6H2,1H3,(H2,14,16). The Morgan fingerprint density at radius 3 is 2.69 bits per heavy atom. The molecule has 94 valence electrons. The minimum absolute atomic E-state index is 0.00245. The molecule has 0 saturated carbocycles. The largest absolute Gasteiger partial charge is 0.393 e. The average molecular weight is 254 g/mol. The lowest BCUT2D eigenvalue weighted by molar-refractivity contribution is -0.188. The summed E-state index contributed by atoms with van der Waals surface area (Å²) in [6.45, 7) is 2.65. The second kappa shape index (κ2) is 5.31. The molecule has 2 nitrogen and oxygen atoms in total. The summed E-state index contributed by atoms with van der Waals surface area (Å²) in [6.07, 6.45) is -2.77. The zero-order valence-corrected chi connectivity index (χ0v) is 10.1. The lowest BCUT2D eigenvalue weighted by atomic mass is 9.96. The van der Waals surface area contributed by atoms with Crippen LogP contribution >= 0.6 is 12.2 Å². The summed E-state index contributed by atoms with van der Waals surface area (Å²) in [5.74, 6) is -1.20. The number of likely N-dealkylation sites (tertiary alicyclic amines) is 1. The summed E-state index contributed by atoms with van der Waals surface area (Å²) in [5.41, 5.74) is 5.40. The van der Waals surface area contributed by atoms with Gasteiger partial charge in [-0.05, 0) is 26.3 Å². The third-order valence-electron chi connectivity index (χ3n) is 3.04. The van der Waals surface area contributed by atoms with E-state index in [1.165, 1.54) is 0 Å². The van der Waals surface area contributed by atoms with Gasteiger partial charge >= 0.3 is 6.18 Å². The van der Waals surface area contributed by atoms with E-state index in [4.69, 9.17) is 18.0 Å². The lowest BCUT2D eigenvalue weighted by Gasteiger charge is -2.37. The van der Waals surface area contributed by atoms with Gasteiger partial charge in [-0.25, -0.2) is 0 Å². The van der Waals surface area contributed by atoms with Gasteiger partial charge in [0.15, 0.2) is 0 Å². The maximum atomic E-state index is 12.6. The first-order valence-electron chi connectivity index (χ1n) is 5.39. The highest BCUT2D eigenvalue weighted by atomic mass is 32.1. The molecular formula is C10H17F3N2S. The number of halogens is 3. The van der Waals surface area contributed by atoms with E-state index in [9.17, 15) is 13.2 Å². The van der Waals surface area contributed by atoms with Gasteiger partial charge in [-0.1, -0.05) is 12.2 Å². The summed E-state index contributed by atoms with van der Waals surface area (Å²) in [4.78, 5) is 2.20. The van der Waals surface area contributed by atoms with Gasteiger partial charge in [0.2, 0.25) is 0 Å². The van der Waals surface area contributed by atoms with Crippen molar-refractivity contribution in [2.45, 2.75) is 38.4 Å². The molecule has 1 aliphatic heterocycles. The normalized spacial score (nSPS) is 25.4. The summed E-state index contributed by atoms with van der Waals surface area (Å²) in [7, 11) is 0. The zero-order valence-electron chi connectivity index (χ0n) is 9.26. The fourth-order valence-electron chi connectivity index (χ4n) is 2.09. The van der Waals surface area contributed by atoms with Gasteiger partial charge < -0.3 is 5.73 Å². The van der Waals surface area contributed by atoms with Gasteiger partial charge in [-0.15, -0.1) is 0 Å². The molecule has 2 atom stereocenters. The molecule has 1 heterocycles. The maximum Gasteiger partial charge on any atom is 0.393 e. The first-order chi connectivity index (χ1) is 7.30. The van der Waals surface area contributed by atoms with Crippen molar-refractivity contribution in [3.05, 3.63) is 0 Å². The van der Waals surface area contributed by atoms with E-state index >= 15 is 0 Å². The Balaban J connectivity index is 2.53. The van der Waals surface area contributed by atoms with Crippen LogP contribution in [0.4, 0.5) is 13.2 Å². The first-order valence-corrected chi connectivity index (χ1v) is 5.80. The van der Waals surface area contributed by atoms with Gasteiger partial charge in [0.05, 0.1) is 10.9 Å². The topological polar surface area (TPSA) is 29.3 Å². The zero-order chi connectivity index (χ0) is 12.3.